The molecular formula is C13H14BO7-. The summed E-state index contributed by atoms with van der Waals surface area (Å²) in [4.78, 5) is 11.4. The van der Waals surface area contributed by atoms with Gasteiger partial charge in [0.15, 0.2) is 0 Å². The maximum Gasteiger partial charge on any atom is 0.430 e. The van der Waals surface area contributed by atoms with E-state index in [2.05, 4.69) is 11.8 Å². The van der Waals surface area contributed by atoms with E-state index in [-0.39, 0.29) is 36.6 Å². The minimum absolute atomic E-state index is 0.00817. The summed E-state index contributed by atoms with van der Waals surface area (Å²) in [6.45, 7) is -3.48. The van der Waals surface area contributed by atoms with E-state index in [9.17, 15) is 19.9 Å². The van der Waals surface area contributed by atoms with Crippen LogP contribution in [-0.2, 0) is 6.42 Å². The fraction of sp³-hybridized carbons (Fsp3) is 0.308. The fourth-order valence-corrected chi connectivity index (χ4v) is 2.07. The Bertz CT molecular complexity index is 615. The molecule has 0 unspecified atom stereocenters. The topological polar surface area (TPSA) is 116 Å². The maximum absolute atomic E-state index is 11.4. The summed E-state index contributed by atoms with van der Waals surface area (Å²) < 4.78 is 10.2. The summed E-state index contributed by atoms with van der Waals surface area (Å²) in [5, 5.41) is 37.0. The van der Waals surface area contributed by atoms with Crippen LogP contribution < -0.4 is 9.39 Å². The molecule has 0 spiro atoms. The molecular weight excluding hydrogens is 279 g/mol. The normalized spacial score (nSPS) is 15.2. The zero-order valence-electron chi connectivity index (χ0n) is 11.1. The monoisotopic (exact) mass is 293 g/mol. The lowest BCUT2D eigenvalue weighted by Crippen LogP contribution is -2.45. The van der Waals surface area contributed by atoms with Crippen molar-refractivity contribution in [1.82, 2.24) is 0 Å². The van der Waals surface area contributed by atoms with Crippen molar-refractivity contribution < 1.29 is 34.4 Å². The zero-order valence-corrected chi connectivity index (χ0v) is 11.1. The molecule has 0 aliphatic carbocycles. The average molecular weight is 293 g/mol. The van der Waals surface area contributed by atoms with Crippen molar-refractivity contribution in [2.75, 3.05) is 13.2 Å². The molecule has 0 bridgehead atoms. The van der Waals surface area contributed by atoms with E-state index in [4.69, 9.17) is 14.5 Å². The van der Waals surface area contributed by atoms with E-state index in [1.165, 1.54) is 6.07 Å². The van der Waals surface area contributed by atoms with Gasteiger partial charge in [-0.25, -0.2) is 4.79 Å². The van der Waals surface area contributed by atoms with Gasteiger partial charge in [-0.2, -0.15) is 0 Å². The molecule has 0 fully saturated rings. The van der Waals surface area contributed by atoms with Crippen LogP contribution in [-0.4, -0.2) is 46.2 Å². The number of aliphatic hydroxyl groups excluding tert-OH is 1. The number of benzene rings is 1. The van der Waals surface area contributed by atoms with Gasteiger partial charge >= 0.3 is 12.7 Å². The van der Waals surface area contributed by atoms with Crippen LogP contribution in [0.1, 0.15) is 15.9 Å². The molecule has 1 aliphatic heterocycles. The molecule has 7 nitrogen and oxygen atoms in total. The molecule has 4 N–H and O–H groups in total. The van der Waals surface area contributed by atoms with Crippen molar-refractivity contribution in [2.45, 2.75) is 12.7 Å². The molecule has 21 heavy (non-hydrogen) atoms. The Morgan fingerprint density at radius 1 is 1.38 bits per heavy atom. The smallest absolute Gasteiger partial charge is 0.430 e. The number of aromatic carboxylic acids is 1. The Morgan fingerprint density at radius 3 is 2.81 bits per heavy atom. The summed E-state index contributed by atoms with van der Waals surface area (Å²) in [7, 11) is 0. The van der Waals surface area contributed by atoms with Crippen LogP contribution in [0.5, 0.6) is 11.5 Å². The summed E-state index contributed by atoms with van der Waals surface area (Å²) in [5.41, 5.74) is 0.300. The van der Waals surface area contributed by atoms with Crippen molar-refractivity contribution in [2.24, 2.45) is 0 Å². The van der Waals surface area contributed by atoms with Crippen LogP contribution in [0.15, 0.2) is 12.1 Å². The van der Waals surface area contributed by atoms with Gasteiger partial charge in [-0.3, -0.25) is 0 Å². The molecule has 0 saturated heterocycles. The fourth-order valence-electron chi connectivity index (χ4n) is 2.07. The molecule has 1 aromatic carbocycles. The number of carboxylic acids is 1. The largest absolute Gasteiger partial charge is 0.669 e. The Kier molecular flexibility index (Phi) is 4.38. The third kappa shape index (κ3) is 3.46. The summed E-state index contributed by atoms with van der Waals surface area (Å²) in [6.07, 6.45) is 0.307. The van der Waals surface area contributed by atoms with Crippen molar-refractivity contribution in [1.29, 1.82) is 0 Å². The van der Waals surface area contributed by atoms with Crippen molar-refractivity contribution in [3.8, 4) is 23.3 Å². The maximum atomic E-state index is 11.4. The molecule has 0 saturated carbocycles. The van der Waals surface area contributed by atoms with E-state index < -0.39 is 12.7 Å². The number of aryl methyl sites for hydroxylation is 1. The van der Waals surface area contributed by atoms with Crippen LogP contribution in [0, 0.1) is 11.8 Å². The Balaban J connectivity index is 2.37. The molecule has 112 valence electrons. The minimum Gasteiger partial charge on any atom is -0.669 e. The Morgan fingerprint density at radius 2 is 2.14 bits per heavy atom. The van der Waals surface area contributed by atoms with Gasteiger partial charge in [0.2, 0.25) is 0 Å². The predicted molar refractivity (Wildman–Crippen MR) is 73.1 cm³/mol. The first-order valence-corrected chi connectivity index (χ1v) is 6.32. The second-order valence-corrected chi connectivity index (χ2v) is 4.55. The Hall–Kier alpha value is -2.21. The number of ether oxygens (including phenoxy) is 1. The number of hydrogen-bond acceptors (Lipinski definition) is 6. The zero-order chi connectivity index (χ0) is 15.5. The predicted octanol–water partition coefficient (Wildman–Crippen LogP) is -0.382. The standard InChI is InChI=1S/C13H14BO7/c15-7-1-2-8-20-10-4-3-9-5-6-14(18,19)21-12(9)11(10)13(16)17/h3-4,15,18-19H,5-8H2,(H,16,17)/q-1. The molecule has 8 heteroatoms. The van der Waals surface area contributed by atoms with E-state index in [0.717, 1.165) is 0 Å². The van der Waals surface area contributed by atoms with Crippen molar-refractivity contribution in [3.05, 3.63) is 23.3 Å². The minimum atomic E-state index is -3.06. The first kappa shape index (κ1) is 15.2. The number of aliphatic hydroxyl groups is 1. The highest BCUT2D eigenvalue weighted by Crippen LogP contribution is 2.38. The first-order chi connectivity index (χ1) is 9.94. The molecule has 0 radical (unpaired) electrons. The summed E-state index contributed by atoms with van der Waals surface area (Å²) >= 11 is 0. The number of hydrogen-bond donors (Lipinski definition) is 4. The number of carbonyl (C=O) groups is 1. The van der Waals surface area contributed by atoms with E-state index >= 15 is 0 Å². The molecule has 1 heterocycles. The van der Waals surface area contributed by atoms with Gasteiger partial charge in [0.05, 0.1) is 5.75 Å². The van der Waals surface area contributed by atoms with Crippen LogP contribution in [0.2, 0.25) is 6.32 Å². The molecule has 2 rings (SSSR count). The average Bonchev–Trinajstić information content (AvgIpc) is 2.41. The van der Waals surface area contributed by atoms with Gasteiger partial charge < -0.3 is 29.7 Å². The molecule has 1 aliphatic rings. The molecule has 0 atom stereocenters. The molecule has 0 aromatic heterocycles. The second kappa shape index (κ2) is 6.05. The Labute approximate surface area is 120 Å². The van der Waals surface area contributed by atoms with Gasteiger partial charge in [-0.05, 0) is 18.1 Å². The number of carboxylic acid groups (broad SMARTS) is 1. The third-order valence-electron chi connectivity index (χ3n) is 3.02. The van der Waals surface area contributed by atoms with E-state index in [1.54, 1.807) is 6.07 Å². The summed E-state index contributed by atoms with van der Waals surface area (Å²) in [5.74, 6) is 3.49. The van der Waals surface area contributed by atoms with Crippen LogP contribution >= 0.6 is 0 Å². The van der Waals surface area contributed by atoms with E-state index in [0.29, 0.717) is 12.0 Å². The van der Waals surface area contributed by atoms with Crippen molar-refractivity contribution >= 4 is 12.7 Å². The number of fused-ring (bicyclic) bond motifs is 1. The number of rotatable bonds is 3. The lowest BCUT2D eigenvalue weighted by atomic mass is 9.70. The highest BCUT2D eigenvalue weighted by molar-refractivity contribution is 6.59. The molecule has 1 aromatic rings. The quantitative estimate of drug-likeness (QED) is 0.443. The van der Waals surface area contributed by atoms with Gasteiger partial charge in [-0.1, -0.05) is 24.2 Å². The SMILES string of the molecule is O=C(O)c1c(OCC#CCO)ccc2c1O[B-](O)(O)CC2. The highest BCUT2D eigenvalue weighted by Gasteiger charge is 2.32. The lowest BCUT2D eigenvalue weighted by molar-refractivity contribution is 0.0689. The summed E-state index contributed by atoms with van der Waals surface area (Å²) in [6, 6.07) is 3.09. The second-order valence-electron chi connectivity index (χ2n) is 4.55. The highest BCUT2D eigenvalue weighted by atomic mass is 16.6. The van der Waals surface area contributed by atoms with Gasteiger partial charge in [-0.15, -0.1) is 0 Å². The van der Waals surface area contributed by atoms with Crippen LogP contribution in [0.4, 0.5) is 0 Å². The van der Waals surface area contributed by atoms with Crippen LogP contribution in [0.25, 0.3) is 0 Å². The van der Waals surface area contributed by atoms with Gasteiger partial charge in [0.25, 0.3) is 0 Å². The first-order valence-electron chi connectivity index (χ1n) is 6.32. The third-order valence-corrected chi connectivity index (χ3v) is 3.02. The molecule has 0 amide bonds. The van der Waals surface area contributed by atoms with Crippen molar-refractivity contribution in [3.63, 3.8) is 0 Å². The van der Waals surface area contributed by atoms with Gasteiger partial charge in [0, 0.05) is 0 Å². The van der Waals surface area contributed by atoms with E-state index in [1.807, 2.05) is 0 Å². The van der Waals surface area contributed by atoms with Crippen LogP contribution in [0.3, 0.4) is 0 Å². The van der Waals surface area contributed by atoms with Gasteiger partial charge in [0.1, 0.15) is 24.5 Å². The lowest BCUT2D eigenvalue weighted by Gasteiger charge is -2.37.